The maximum atomic E-state index is 11.4. The maximum Gasteiger partial charge on any atom is 0.343 e. The summed E-state index contributed by atoms with van der Waals surface area (Å²) < 4.78 is 9.97. The third-order valence-corrected chi connectivity index (χ3v) is 2.77. The minimum Gasteiger partial charge on any atom is -0.480 e. The zero-order chi connectivity index (χ0) is 12.8. The normalized spacial score (nSPS) is 41.5. The van der Waals surface area contributed by atoms with Crippen molar-refractivity contribution in [1.82, 2.24) is 0 Å². The Bertz CT molecular complexity index is 408. The molecule has 94 valence electrons. The second kappa shape index (κ2) is 3.83. The molecule has 0 unspecified atom stereocenters. The van der Waals surface area contributed by atoms with Crippen LogP contribution in [0.1, 0.15) is 13.8 Å². The van der Waals surface area contributed by atoms with Gasteiger partial charge in [0.15, 0.2) is 5.76 Å². The minimum absolute atomic E-state index is 0.136. The van der Waals surface area contributed by atoms with Crippen molar-refractivity contribution >= 4 is 5.97 Å². The summed E-state index contributed by atoms with van der Waals surface area (Å²) in [6.45, 7) is 2.96. The van der Waals surface area contributed by atoms with Gasteiger partial charge < -0.3 is 24.8 Å². The van der Waals surface area contributed by atoms with Crippen LogP contribution in [0.4, 0.5) is 0 Å². The highest BCUT2D eigenvalue weighted by atomic mass is 16.7. The molecule has 6 nitrogen and oxygen atoms in total. The van der Waals surface area contributed by atoms with Crippen molar-refractivity contribution in [3.63, 3.8) is 0 Å². The molecule has 17 heavy (non-hydrogen) atoms. The summed E-state index contributed by atoms with van der Waals surface area (Å²) in [5.74, 6) is -2.91. The number of esters is 1. The molecule has 0 saturated heterocycles. The molecule has 0 aromatic heterocycles. The van der Waals surface area contributed by atoms with E-state index in [-0.39, 0.29) is 11.3 Å². The van der Waals surface area contributed by atoms with E-state index in [1.807, 2.05) is 0 Å². The van der Waals surface area contributed by atoms with E-state index in [0.29, 0.717) is 0 Å². The average molecular weight is 242 g/mol. The van der Waals surface area contributed by atoms with E-state index < -0.39 is 30.1 Å². The Morgan fingerprint density at radius 3 is 2.65 bits per heavy atom. The molecular formula is C11H14O6. The van der Waals surface area contributed by atoms with Crippen molar-refractivity contribution in [2.24, 2.45) is 0 Å². The smallest absolute Gasteiger partial charge is 0.343 e. The lowest BCUT2D eigenvalue weighted by Crippen LogP contribution is -2.45. The van der Waals surface area contributed by atoms with Crippen LogP contribution in [0, 0.1) is 0 Å². The van der Waals surface area contributed by atoms with Gasteiger partial charge in [0, 0.05) is 6.92 Å². The summed E-state index contributed by atoms with van der Waals surface area (Å²) in [7, 11) is 0. The quantitative estimate of drug-likeness (QED) is 0.411. The third kappa shape index (κ3) is 1.74. The first-order valence-corrected chi connectivity index (χ1v) is 5.24. The first-order chi connectivity index (χ1) is 7.88. The second-order valence-electron chi connectivity index (χ2n) is 4.16. The summed E-state index contributed by atoms with van der Waals surface area (Å²) in [6, 6.07) is 0. The van der Waals surface area contributed by atoms with Crippen LogP contribution in [0.3, 0.4) is 0 Å². The molecule has 0 aliphatic carbocycles. The van der Waals surface area contributed by atoms with Crippen LogP contribution < -0.4 is 0 Å². The fourth-order valence-corrected chi connectivity index (χ4v) is 1.95. The molecule has 2 aliphatic rings. The van der Waals surface area contributed by atoms with Crippen molar-refractivity contribution < 1.29 is 29.6 Å². The molecular weight excluding hydrogens is 228 g/mol. The zero-order valence-electron chi connectivity index (χ0n) is 9.45. The van der Waals surface area contributed by atoms with Gasteiger partial charge in [-0.05, 0) is 13.0 Å². The first kappa shape index (κ1) is 12.1. The lowest BCUT2D eigenvalue weighted by Gasteiger charge is -2.32. The van der Waals surface area contributed by atoms with E-state index in [9.17, 15) is 20.1 Å². The Morgan fingerprint density at radius 2 is 2.06 bits per heavy atom. The van der Waals surface area contributed by atoms with Crippen molar-refractivity contribution in [2.75, 3.05) is 0 Å². The topological polar surface area (TPSA) is 96.2 Å². The number of ether oxygens (including phenoxy) is 2. The van der Waals surface area contributed by atoms with Crippen molar-refractivity contribution in [3.05, 3.63) is 23.5 Å². The molecule has 0 spiro atoms. The van der Waals surface area contributed by atoms with Crippen molar-refractivity contribution in [2.45, 2.75) is 37.9 Å². The highest BCUT2D eigenvalue weighted by Gasteiger charge is 2.53. The van der Waals surface area contributed by atoms with Crippen LogP contribution in [0.25, 0.3) is 0 Å². The number of rotatable bonds is 1. The molecule has 2 rings (SSSR count). The van der Waals surface area contributed by atoms with E-state index in [1.54, 1.807) is 13.0 Å². The van der Waals surface area contributed by atoms with Crippen molar-refractivity contribution in [3.8, 4) is 0 Å². The zero-order valence-corrected chi connectivity index (χ0v) is 9.45. The van der Waals surface area contributed by atoms with E-state index in [0.717, 1.165) is 0 Å². The van der Waals surface area contributed by atoms with Crippen LogP contribution in [-0.2, 0) is 14.3 Å². The van der Waals surface area contributed by atoms with E-state index >= 15 is 0 Å². The molecule has 2 aliphatic heterocycles. The summed E-state index contributed by atoms with van der Waals surface area (Å²) in [4.78, 5) is 11.4. The van der Waals surface area contributed by atoms with E-state index in [1.165, 1.54) is 13.0 Å². The average Bonchev–Trinajstić information content (AvgIpc) is 2.45. The molecule has 6 heteroatoms. The van der Waals surface area contributed by atoms with Gasteiger partial charge in [-0.1, -0.05) is 6.08 Å². The molecule has 2 heterocycles. The molecule has 0 aromatic carbocycles. The third-order valence-electron chi connectivity index (χ3n) is 2.77. The van der Waals surface area contributed by atoms with Gasteiger partial charge in [-0.15, -0.1) is 0 Å². The van der Waals surface area contributed by atoms with Gasteiger partial charge in [0.2, 0.25) is 0 Å². The summed E-state index contributed by atoms with van der Waals surface area (Å²) in [5, 5.41) is 29.4. The van der Waals surface area contributed by atoms with Crippen LogP contribution >= 0.6 is 0 Å². The highest BCUT2D eigenvalue weighted by Crippen LogP contribution is 2.39. The lowest BCUT2D eigenvalue weighted by atomic mass is 9.95. The Hall–Kier alpha value is -1.37. The number of aliphatic hydroxyl groups is 3. The fraction of sp³-hybridized carbons (Fsp3) is 0.545. The van der Waals surface area contributed by atoms with Gasteiger partial charge >= 0.3 is 5.97 Å². The Labute approximate surface area is 97.8 Å². The van der Waals surface area contributed by atoms with Crippen molar-refractivity contribution in [1.29, 1.82) is 0 Å². The summed E-state index contributed by atoms with van der Waals surface area (Å²) >= 11 is 0. The number of carbonyl (C=O) groups is 1. The number of allylic oxidation sites excluding steroid dienone is 1. The largest absolute Gasteiger partial charge is 0.480 e. The molecule has 4 atom stereocenters. The van der Waals surface area contributed by atoms with Gasteiger partial charge in [-0.25, -0.2) is 4.79 Å². The predicted molar refractivity (Wildman–Crippen MR) is 55.4 cm³/mol. The van der Waals surface area contributed by atoms with Gasteiger partial charge in [-0.2, -0.15) is 0 Å². The van der Waals surface area contributed by atoms with E-state index in [2.05, 4.69) is 4.74 Å². The molecule has 3 N–H and O–H groups in total. The van der Waals surface area contributed by atoms with Crippen LogP contribution in [0.5, 0.6) is 0 Å². The Kier molecular flexibility index (Phi) is 2.73. The molecule has 0 amide bonds. The fourth-order valence-electron chi connectivity index (χ4n) is 1.95. The van der Waals surface area contributed by atoms with E-state index in [4.69, 9.17) is 4.74 Å². The molecule has 0 bridgehead atoms. The molecule has 0 aromatic rings. The number of hydrogen-bond donors (Lipinski definition) is 3. The van der Waals surface area contributed by atoms with Gasteiger partial charge in [0.1, 0.15) is 23.9 Å². The molecule has 0 radical (unpaired) electrons. The summed E-state index contributed by atoms with van der Waals surface area (Å²) in [5.41, 5.74) is -0.219. The number of aliphatic hydroxyl groups excluding tert-OH is 2. The standard InChI is InChI=1S/C11H14O6/c1-3-4-5-7(12)8(13)6-9(16-5)11(2,15)17-10(6)14/h3-5,7-8,12-13,15H,1-2H3/b4-3+/t5-,7+,8-,11+/m1/s1. The number of hydrogen-bond acceptors (Lipinski definition) is 6. The second-order valence-corrected chi connectivity index (χ2v) is 4.16. The van der Waals surface area contributed by atoms with Gasteiger partial charge in [0.25, 0.3) is 5.79 Å². The maximum absolute atomic E-state index is 11.4. The number of carbonyl (C=O) groups excluding carboxylic acids is 1. The monoisotopic (exact) mass is 242 g/mol. The Morgan fingerprint density at radius 1 is 1.41 bits per heavy atom. The SMILES string of the molecule is C/C=C/[C@H]1OC2=C(C(=O)O[C@]2(C)O)[C@@H](O)[C@H]1O. The van der Waals surface area contributed by atoms with Crippen LogP contribution in [0.2, 0.25) is 0 Å². The number of cyclic esters (lactones) is 1. The molecule has 0 fully saturated rings. The molecule has 0 saturated carbocycles. The lowest BCUT2D eigenvalue weighted by molar-refractivity contribution is -0.187. The first-order valence-electron chi connectivity index (χ1n) is 5.24. The highest BCUT2D eigenvalue weighted by molar-refractivity contribution is 5.93. The van der Waals surface area contributed by atoms with Crippen LogP contribution in [-0.4, -0.2) is 45.4 Å². The summed E-state index contributed by atoms with van der Waals surface area (Å²) in [6.07, 6.45) is -0.364. The minimum atomic E-state index is -1.90. The van der Waals surface area contributed by atoms with Gasteiger partial charge in [-0.3, -0.25) is 0 Å². The van der Waals surface area contributed by atoms with Crippen LogP contribution in [0.15, 0.2) is 23.5 Å². The van der Waals surface area contributed by atoms with Gasteiger partial charge in [0.05, 0.1) is 0 Å². The predicted octanol–water partition coefficient (Wildman–Crippen LogP) is -0.798. The Balaban J connectivity index is 2.43.